The Bertz CT molecular complexity index is 724. The first kappa shape index (κ1) is 16.0. The highest BCUT2D eigenvalue weighted by Gasteiger charge is 2.43. The lowest BCUT2D eigenvalue weighted by atomic mass is 10.1. The Labute approximate surface area is 125 Å². The molecule has 2 atom stereocenters. The van der Waals surface area contributed by atoms with Gasteiger partial charge in [-0.1, -0.05) is 0 Å². The monoisotopic (exact) mass is 309 g/mol. The van der Waals surface area contributed by atoms with Gasteiger partial charge in [-0.25, -0.2) is 4.98 Å². The number of hydrogen-bond donors (Lipinski definition) is 1. The first-order valence-corrected chi connectivity index (χ1v) is 6.52. The van der Waals surface area contributed by atoms with Gasteiger partial charge in [-0.05, 0) is 36.6 Å². The van der Waals surface area contributed by atoms with E-state index in [1.165, 1.54) is 25.1 Å². The quantitative estimate of drug-likeness (QED) is 0.947. The lowest BCUT2D eigenvalue weighted by molar-refractivity contribution is -0.208. The summed E-state index contributed by atoms with van der Waals surface area (Å²) >= 11 is 0. The van der Waals surface area contributed by atoms with Crippen LogP contribution in [0.2, 0.25) is 0 Å². The number of likely N-dealkylation sites (N-methyl/N-ethyl adjacent to an activating group) is 1. The van der Waals surface area contributed by atoms with Gasteiger partial charge in [0.1, 0.15) is 11.8 Å². The number of rotatable bonds is 3. The molecular formula is C15H14F3N3O. The third-order valence-corrected chi connectivity index (χ3v) is 3.66. The van der Waals surface area contributed by atoms with Crippen LogP contribution in [0.5, 0.6) is 0 Å². The van der Waals surface area contributed by atoms with E-state index in [2.05, 4.69) is 4.98 Å². The Kier molecular flexibility index (Phi) is 4.24. The Morgan fingerprint density at radius 2 is 2.00 bits per heavy atom. The number of hydrogen-bond acceptors (Lipinski definition) is 4. The Hall–Kier alpha value is -2.33. The molecule has 7 heteroatoms. The number of nitriles is 1. The second kappa shape index (κ2) is 5.81. The molecule has 0 amide bonds. The van der Waals surface area contributed by atoms with Crippen molar-refractivity contribution in [1.29, 1.82) is 5.26 Å². The van der Waals surface area contributed by atoms with E-state index in [1.54, 1.807) is 24.3 Å². The molecule has 0 bridgehead atoms. The van der Waals surface area contributed by atoms with Crippen molar-refractivity contribution >= 4 is 16.5 Å². The van der Waals surface area contributed by atoms with Crippen molar-refractivity contribution in [3.8, 4) is 6.07 Å². The molecule has 0 saturated heterocycles. The molecule has 0 fully saturated rings. The van der Waals surface area contributed by atoms with Crippen molar-refractivity contribution in [2.45, 2.75) is 25.2 Å². The molecule has 0 saturated carbocycles. The number of alkyl halides is 3. The summed E-state index contributed by atoms with van der Waals surface area (Å²) in [5.41, 5.74) is 0.772. The molecule has 0 radical (unpaired) electrons. The molecule has 0 aliphatic heterocycles. The molecule has 2 rings (SSSR count). The van der Waals surface area contributed by atoms with Crippen molar-refractivity contribution in [3.63, 3.8) is 0 Å². The normalized spacial score (nSPS) is 14.4. The van der Waals surface area contributed by atoms with Gasteiger partial charge in [0.2, 0.25) is 0 Å². The van der Waals surface area contributed by atoms with Crippen LogP contribution in [-0.2, 0) is 0 Å². The summed E-state index contributed by atoms with van der Waals surface area (Å²) in [5.74, 6) is 0. The maximum atomic E-state index is 12.6. The number of fused-ring (bicyclic) bond motifs is 1. The highest BCUT2D eigenvalue weighted by atomic mass is 19.4. The molecule has 0 spiro atoms. The van der Waals surface area contributed by atoms with E-state index in [0.29, 0.717) is 16.5 Å². The summed E-state index contributed by atoms with van der Waals surface area (Å²) in [5, 5.41) is 19.7. The maximum Gasteiger partial charge on any atom is 0.416 e. The van der Waals surface area contributed by atoms with Crippen LogP contribution in [0.4, 0.5) is 18.9 Å². The van der Waals surface area contributed by atoms with E-state index >= 15 is 0 Å². The van der Waals surface area contributed by atoms with Gasteiger partial charge in [0.15, 0.2) is 6.10 Å². The van der Waals surface area contributed by atoms with Gasteiger partial charge in [-0.2, -0.15) is 18.4 Å². The molecule has 1 heterocycles. The minimum absolute atomic E-state index is 0.259. The van der Waals surface area contributed by atoms with E-state index < -0.39 is 18.3 Å². The number of nitrogens with zero attached hydrogens (tertiary/aromatic N) is 3. The minimum Gasteiger partial charge on any atom is -0.382 e. The SMILES string of the molecule is C[C@@H]([C@H](O)C(F)(F)F)N(C)c1ccc2c(C#N)nccc2c1. The zero-order valence-electron chi connectivity index (χ0n) is 12.0. The number of aliphatic hydroxyl groups is 1. The van der Waals surface area contributed by atoms with Gasteiger partial charge >= 0.3 is 6.18 Å². The van der Waals surface area contributed by atoms with Gasteiger partial charge in [0, 0.05) is 24.3 Å². The average molecular weight is 309 g/mol. The molecule has 1 aromatic heterocycles. The van der Waals surface area contributed by atoms with Gasteiger partial charge in [-0.15, -0.1) is 0 Å². The highest BCUT2D eigenvalue weighted by molar-refractivity contribution is 5.89. The molecule has 0 aliphatic rings. The number of halogens is 3. The second-order valence-corrected chi connectivity index (χ2v) is 5.01. The first-order valence-electron chi connectivity index (χ1n) is 6.52. The number of pyridine rings is 1. The zero-order chi connectivity index (χ0) is 16.5. The number of aliphatic hydroxyl groups excluding tert-OH is 1. The minimum atomic E-state index is -4.68. The summed E-state index contributed by atoms with van der Waals surface area (Å²) in [6.45, 7) is 1.30. The smallest absolute Gasteiger partial charge is 0.382 e. The molecule has 4 nitrogen and oxygen atoms in total. The second-order valence-electron chi connectivity index (χ2n) is 5.01. The van der Waals surface area contributed by atoms with E-state index in [4.69, 9.17) is 5.26 Å². The number of aromatic nitrogens is 1. The first-order chi connectivity index (χ1) is 10.3. The highest BCUT2D eigenvalue weighted by Crippen LogP contribution is 2.29. The largest absolute Gasteiger partial charge is 0.416 e. The molecule has 116 valence electrons. The summed E-state index contributed by atoms with van der Waals surface area (Å²) < 4.78 is 37.8. The lowest BCUT2D eigenvalue weighted by Crippen LogP contribution is -2.47. The van der Waals surface area contributed by atoms with Crippen LogP contribution in [0.25, 0.3) is 10.8 Å². The summed E-state index contributed by atoms with van der Waals surface area (Å²) in [6.07, 6.45) is -5.65. The van der Waals surface area contributed by atoms with Gasteiger partial charge in [0.05, 0.1) is 6.04 Å². The molecule has 2 aromatic rings. The topological polar surface area (TPSA) is 60.1 Å². The van der Waals surface area contributed by atoms with Crippen molar-refractivity contribution < 1.29 is 18.3 Å². The standard InChI is InChI=1S/C15H14F3N3O/c1-9(14(22)15(16,17)18)21(2)11-3-4-12-10(7-11)5-6-20-13(12)8-19/h3-7,9,14,22H,1-2H3/t9-,14-/m0/s1. The summed E-state index contributed by atoms with van der Waals surface area (Å²) in [6, 6.07) is 7.41. The third-order valence-electron chi connectivity index (χ3n) is 3.66. The Morgan fingerprint density at radius 3 is 2.59 bits per heavy atom. The van der Waals surface area contributed by atoms with Crippen LogP contribution in [0.1, 0.15) is 12.6 Å². The summed E-state index contributed by atoms with van der Waals surface area (Å²) in [4.78, 5) is 5.28. The van der Waals surface area contributed by atoms with Crippen LogP contribution in [0, 0.1) is 11.3 Å². The van der Waals surface area contributed by atoms with Crippen LogP contribution >= 0.6 is 0 Å². The van der Waals surface area contributed by atoms with Crippen LogP contribution < -0.4 is 4.90 Å². The molecule has 0 unspecified atom stereocenters. The van der Waals surface area contributed by atoms with Crippen molar-refractivity contribution in [2.24, 2.45) is 0 Å². The molecule has 1 N–H and O–H groups in total. The fourth-order valence-corrected chi connectivity index (χ4v) is 2.19. The van der Waals surface area contributed by atoms with Crippen LogP contribution in [0.15, 0.2) is 30.5 Å². The summed E-state index contributed by atoms with van der Waals surface area (Å²) in [7, 11) is 1.48. The average Bonchev–Trinajstić information content (AvgIpc) is 2.50. The lowest BCUT2D eigenvalue weighted by Gasteiger charge is -2.31. The Balaban J connectivity index is 2.37. The molecule has 1 aromatic carbocycles. The number of anilines is 1. The molecule has 0 aliphatic carbocycles. The van der Waals surface area contributed by atoms with E-state index in [9.17, 15) is 18.3 Å². The predicted molar refractivity (Wildman–Crippen MR) is 76.4 cm³/mol. The van der Waals surface area contributed by atoms with Crippen molar-refractivity contribution in [1.82, 2.24) is 4.98 Å². The van der Waals surface area contributed by atoms with E-state index in [1.807, 2.05) is 6.07 Å². The number of benzene rings is 1. The zero-order valence-corrected chi connectivity index (χ0v) is 12.0. The molecular weight excluding hydrogens is 295 g/mol. The van der Waals surface area contributed by atoms with Gasteiger partial charge in [0.25, 0.3) is 0 Å². The third kappa shape index (κ3) is 2.97. The predicted octanol–water partition coefficient (Wildman–Crippen LogP) is 2.85. The van der Waals surface area contributed by atoms with Crippen LogP contribution in [-0.4, -0.2) is 35.5 Å². The van der Waals surface area contributed by atoms with Crippen molar-refractivity contribution in [3.05, 3.63) is 36.2 Å². The van der Waals surface area contributed by atoms with Crippen LogP contribution in [0.3, 0.4) is 0 Å². The van der Waals surface area contributed by atoms with E-state index in [-0.39, 0.29) is 5.69 Å². The molecule has 22 heavy (non-hydrogen) atoms. The Morgan fingerprint density at radius 1 is 1.32 bits per heavy atom. The van der Waals surface area contributed by atoms with Gasteiger partial charge < -0.3 is 10.0 Å². The van der Waals surface area contributed by atoms with Gasteiger partial charge in [-0.3, -0.25) is 0 Å². The van der Waals surface area contributed by atoms with E-state index in [0.717, 1.165) is 0 Å². The maximum absolute atomic E-state index is 12.6. The fourth-order valence-electron chi connectivity index (χ4n) is 2.19. The van der Waals surface area contributed by atoms with Crippen molar-refractivity contribution in [2.75, 3.05) is 11.9 Å². The fraction of sp³-hybridized carbons (Fsp3) is 0.333.